The number of halogens is 1. The number of ether oxygens (including phenoxy) is 1. The minimum absolute atomic E-state index is 0.325. The van der Waals surface area contributed by atoms with Gasteiger partial charge in [-0.25, -0.2) is 4.79 Å². The van der Waals surface area contributed by atoms with Crippen molar-refractivity contribution in [3.05, 3.63) is 0 Å². The maximum atomic E-state index is 10.5. The molecule has 1 N–H and O–H groups in total. The normalized spacial score (nSPS) is 8.67. The smallest absolute Gasteiger partial charge is 0.407 e. The minimum Gasteiger partial charge on any atom is -0.450 e. The SMILES string of the molecule is CCOC(=O)NCCI. The fourth-order valence-corrected chi connectivity index (χ4v) is 0.601. The summed E-state index contributed by atoms with van der Waals surface area (Å²) in [4.78, 5) is 10.5. The molecular weight excluding hydrogens is 233 g/mol. The van der Waals surface area contributed by atoms with Gasteiger partial charge in [0, 0.05) is 11.0 Å². The predicted octanol–water partition coefficient (Wildman–Crippen LogP) is 1.17. The maximum Gasteiger partial charge on any atom is 0.407 e. The van der Waals surface area contributed by atoms with E-state index < -0.39 is 0 Å². The maximum absolute atomic E-state index is 10.5. The van der Waals surface area contributed by atoms with Gasteiger partial charge in [0.25, 0.3) is 0 Å². The van der Waals surface area contributed by atoms with E-state index in [1.54, 1.807) is 6.92 Å². The number of rotatable bonds is 3. The Morgan fingerprint density at radius 1 is 1.78 bits per heavy atom. The van der Waals surface area contributed by atoms with Crippen LogP contribution < -0.4 is 5.32 Å². The van der Waals surface area contributed by atoms with Crippen LogP contribution in [0.2, 0.25) is 0 Å². The Morgan fingerprint density at radius 2 is 2.44 bits per heavy atom. The Bertz CT molecular complexity index is 87.0. The molecule has 0 radical (unpaired) electrons. The summed E-state index contributed by atoms with van der Waals surface area (Å²) in [6.07, 6.45) is -0.325. The lowest BCUT2D eigenvalue weighted by Gasteiger charge is -2.00. The Balaban J connectivity index is 3.06. The lowest BCUT2D eigenvalue weighted by molar-refractivity contribution is 0.153. The van der Waals surface area contributed by atoms with Gasteiger partial charge >= 0.3 is 6.09 Å². The van der Waals surface area contributed by atoms with E-state index in [1.807, 2.05) is 0 Å². The zero-order valence-corrected chi connectivity index (χ0v) is 7.47. The van der Waals surface area contributed by atoms with Crippen molar-refractivity contribution in [1.82, 2.24) is 5.32 Å². The first-order valence-corrected chi connectivity index (χ1v) is 4.30. The molecule has 0 spiro atoms. The highest BCUT2D eigenvalue weighted by molar-refractivity contribution is 14.1. The molecule has 0 fully saturated rings. The monoisotopic (exact) mass is 243 g/mol. The van der Waals surface area contributed by atoms with Gasteiger partial charge in [0.1, 0.15) is 0 Å². The number of hydrogen-bond acceptors (Lipinski definition) is 2. The van der Waals surface area contributed by atoms with E-state index in [1.165, 1.54) is 0 Å². The molecule has 0 bridgehead atoms. The van der Waals surface area contributed by atoms with Crippen molar-refractivity contribution in [3.8, 4) is 0 Å². The minimum atomic E-state index is -0.325. The van der Waals surface area contributed by atoms with E-state index in [0.717, 1.165) is 4.43 Å². The number of nitrogens with one attached hydrogen (secondary N) is 1. The van der Waals surface area contributed by atoms with E-state index in [-0.39, 0.29) is 6.09 Å². The van der Waals surface area contributed by atoms with Crippen molar-refractivity contribution >= 4 is 28.7 Å². The van der Waals surface area contributed by atoms with Gasteiger partial charge in [-0.3, -0.25) is 0 Å². The van der Waals surface area contributed by atoms with Gasteiger partial charge < -0.3 is 10.1 Å². The Kier molecular flexibility index (Phi) is 6.12. The number of amides is 1. The third-order valence-corrected chi connectivity index (χ3v) is 1.18. The van der Waals surface area contributed by atoms with E-state index in [0.29, 0.717) is 13.2 Å². The first kappa shape index (κ1) is 9.00. The third kappa shape index (κ3) is 5.88. The Morgan fingerprint density at radius 3 is 2.89 bits per heavy atom. The standard InChI is InChI=1S/C5H10INO2/c1-2-9-5(8)7-4-3-6/h2-4H2,1H3,(H,7,8). The highest BCUT2D eigenvalue weighted by Gasteiger charge is 1.95. The van der Waals surface area contributed by atoms with Crippen molar-refractivity contribution in [3.63, 3.8) is 0 Å². The fraction of sp³-hybridized carbons (Fsp3) is 0.800. The number of carbonyl (C=O) groups excluding carboxylic acids is 1. The van der Waals surface area contributed by atoms with Crippen LogP contribution in [-0.4, -0.2) is 23.7 Å². The van der Waals surface area contributed by atoms with Crippen molar-refractivity contribution in [2.75, 3.05) is 17.6 Å². The number of alkyl halides is 1. The van der Waals surface area contributed by atoms with Gasteiger partial charge in [0.2, 0.25) is 0 Å². The van der Waals surface area contributed by atoms with Crippen LogP contribution in [0.25, 0.3) is 0 Å². The first-order chi connectivity index (χ1) is 4.31. The number of carbonyl (C=O) groups is 1. The summed E-state index contributed by atoms with van der Waals surface area (Å²) in [5.74, 6) is 0. The molecule has 0 aliphatic rings. The Labute approximate surface area is 68.3 Å². The number of alkyl carbamates (subject to hydrolysis) is 1. The molecule has 0 saturated carbocycles. The molecule has 54 valence electrons. The fourth-order valence-electron chi connectivity index (χ4n) is 0.331. The highest BCUT2D eigenvalue weighted by Crippen LogP contribution is 1.79. The molecule has 4 heteroatoms. The van der Waals surface area contributed by atoms with Gasteiger partial charge in [0.05, 0.1) is 6.61 Å². The third-order valence-electron chi connectivity index (χ3n) is 0.639. The van der Waals surface area contributed by atoms with Gasteiger partial charge in [-0.15, -0.1) is 0 Å². The molecule has 0 aromatic heterocycles. The van der Waals surface area contributed by atoms with Crippen LogP contribution in [0, 0.1) is 0 Å². The van der Waals surface area contributed by atoms with Gasteiger partial charge in [-0.1, -0.05) is 22.6 Å². The highest BCUT2D eigenvalue weighted by atomic mass is 127. The average molecular weight is 243 g/mol. The zero-order chi connectivity index (χ0) is 7.11. The second-order valence-electron chi connectivity index (χ2n) is 1.34. The molecule has 0 unspecified atom stereocenters. The van der Waals surface area contributed by atoms with Gasteiger partial charge in [0.15, 0.2) is 0 Å². The summed E-state index contributed by atoms with van der Waals surface area (Å²) in [5.41, 5.74) is 0. The Hall–Kier alpha value is 0. The molecule has 0 heterocycles. The van der Waals surface area contributed by atoms with Crippen LogP contribution in [0.1, 0.15) is 6.92 Å². The summed E-state index contributed by atoms with van der Waals surface area (Å²) in [7, 11) is 0. The second-order valence-corrected chi connectivity index (χ2v) is 2.41. The van der Waals surface area contributed by atoms with E-state index in [2.05, 4.69) is 32.6 Å². The molecule has 0 aliphatic heterocycles. The summed E-state index contributed by atoms with van der Waals surface area (Å²) in [5, 5.41) is 2.56. The van der Waals surface area contributed by atoms with Crippen LogP contribution in [0.4, 0.5) is 4.79 Å². The summed E-state index contributed by atoms with van der Waals surface area (Å²) < 4.78 is 5.50. The summed E-state index contributed by atoms with van der Waals surface area (Å²) in [6.45, 7) is 2.90. The average Bonchev–Trinajstić information content (AvgIpc) is 1.85. The molecule has 0 rings (SSSR count). The first-order valence-electron chi connectivity index (χ1n) is 2.77. The van der Waals surface area contributed by atoms with Crippen molar-refractivity contribution in [2.45, 2.75) is 6.92 Å². The van der Waals surface area contributed by atoms with Gasteiger partial charge in [-0.05, 0) is 6.92 Å². The van der Waals surface area contributed by atoms with E-state index >= 15 is 0 Å². The molecule has 1 amide bonds. The lowest BCUT2D eigenvalue weighted by Crippen LogP contribution is -2.25. The number of hydrogen-bond donors (Lipinski definition) is 1. The molecule has 0 atom stereocenters. The molecular formula is C5H10INO2. The molecule has 0 aliphatic carbocycles. The molecule has 9 heavy (non-hydrogen) atoms. The van der Waals surface area contributed by atoms with E-state index in [4.69, 9.17) is 0 Å². The van der Waals surface area contributed by atoms with Crippen LogP contribution in [0.3, 0.4) is 0 Å². The van der Waals surface area contributed by atoms with Crippen molar-refractivity contribution in [2.24, 2.45) is 0 Å². The van der Waals surface area contributed by atoms with Crippen LogP contribution in [0.5, 0.6) is 0 Å². The molecule has 0 aromatic carbocycles. The van der Waals surface area contributed by atoms with Crippen LogP contribution in [-0.2, 0) is 4.74 Å². The summed E-state index contributed by atoms with van der Waals surface area (Å²) in [6, 6.07) is 0. The molecule has 3 nitrogen and oxygen atoms in total. The van der Waals surface area contributed by atoms with E-state index in [9.17, 15) is 4.79 Å². The lowest BCUT2D eigenvalue weighted by atomic mass is 10.7. The van der Waals surface area contributed by atoms with Gasteiger partial charge in [-0.2, -0.15) is 0 Å². The van der Waals surface area contributed by atoms with Crippen LogP contribution in [0.15, 0.2) is 0 Å². The van der Waals surface area contributed by atoms with Crippen LogP contribution >= 0.6 is 22.6 Å². The predicted molar refractivity (Wildman–Crippen MR) is 43.9 cm³/mol. The second kappa shape index (κ2) is 6.12. The topological polar surface area (TPSA) is 38.3 Å². The zero-order valence-electron chi connectivity index (χ0n) is 5.32. The largest absolute Gasteiger partial charge is 0.450 e. The van der Waals surface area contributed by atoms with Crippen molar-refractivity contribution < 1.29 is 9.53 Å². The molecule has 0 aromatic rings. The van der Waals surface area contributed by atoms with Crippen molar-refractivity contribution in [1.29, 1.82) is 0 Å². The quantitative estimate of drug-likeness (QED) is 0.596. The summed E-state index contributed by atoms with van der Waals surface area (Å²) >= 11 is 2.18. The molecule has 0 saturated heterocycles.